The molecule has 2 aromatic rings. The number of rotatable bonds is 5. The molecule has 1 aliphatic heterocycles. The average molecular weight is 461 g/mol. The first-order valence-corrected chi connectivity index (χ1v) is 10.5. The number of hydrogen-bond acceptors (Lipinski definition) is 5. The summed E-state index contributed by atoms with van der Waals surface area (Å²) in [6.07, 6.45) is 0.575. The van der Waals surface area contributed by atoms with Gasteiger partial charge in [0.05, 0.1) is 12.6 Å². The van der Waals surface area contributed by atoms with Gasteiger partial charge in [0.2, 0.25) is 5.91 Å². The van der Waals surface area contributed by atoms with Crippen LogP contribution in [0.2, 0.25) is 0 Å². The highest BCUT2D eigenvalue weighted by Crippen LogP contribution is 2.30. The second-order valence-electron chi connectivity index (χ2n) is 7.24. The number of benzene rings is 2. The largest absolute Gasteiger partial charge is 0.513 e. The summed E-state index contributed by atoms with van der Waals surface area (Å²) >= 11 is 3.47. The van der Waals surface area contributed by atoms with Crippen LogP contribution in [0.5, 0.6) is 5.75 Å². The van der Waals surface area contributed by atoms with Crippen LogP contribution in [0.1, 0.15) is 25.0 Å². The van der Waals surface area contributed by atoms with Gasteiger partial charge in [-0.15, -0.1) is 0 Å². The number of fused-ring (bicyclic) bond motifs is 1. The van der Waals surface area contributed by atoms with Crippen LogP contribution in [0.15, 0.2) is 46.9 Å². The third kappa shape index (κ3) is 5.16. The van der Waals surface area contributed by atoms with Crippen LogP contribution in [-0.2, 0) is 22.4 Å². The average Bonchev–Trinajstić information content (AvgIpc) is 2.68. The molecule has 2 N–H and O–H groups in total. The van der Waals surface area contributed by atoms with Crippen molar-refractivity contribution in [3.8, 4) is 5.75 Å². The van der Waals surface area contributed by atoms with Crippen molar-refractivity contribution >= 4 is 33.7 Å². The smallest absolute Gasteiger partial charge is 0.434 e. The van der Waals surface area contributed by atoms with Crippen molar-refractivity contribution < 1.29 is 19.1 Å². The topological polar surface area (TPSA) is 81.9 Å². The maximum atomic E-state index is 13.1. The summed E-state index contributed by atoms with van der Waals surface area (Å²) in [6, 6.07) is 12.4. The number of para-hydroxylation sites is 1. The number of hydrogen-bond donors (Lipinski definition) is 1. The van der Waals surface area contributed by atoms with Crippen LogP contribution < -0.4 is 15.4 Å². The number of ether oxygens (including phenoxy) is 2. The fraction of sp³-hybridized carbons (Fsp3) is 0.364. The Kier molecular flexibility index (Phi) is 6.92. The van der Waals surface area contributed by atoms with E-state index in [4.69, 9.17) is 15.2 Å². The second-order valence-corrected chi connectivity index (χ2v) is 8.09. The number of amides is 1. The molecule has 2 atom stereocenters. The first-order valence-electron chi connectivity index (χ1n) is 9.67. The van der Waals surface area contributed by atoms with Gasteiger partial charge in [0.1, 0.15) is 5.75 Å². The van der Waals surface area contributed by atoms with Crippen LogP contribution in [0, 0.1) is 5.92 Å². The summed E-state index contributed by atoms with van der Waals surface area (Å²) in [5, 5.41) is 0. The lowest BCUT2D eigenvalue weighted by Crippen LogP contribution is -2.48. The molecule has 3 rings (SSSR count). The molecule has 7 heteroatoms. The predicted molar refractivity (Wildman–Crippen MR) is 115 cm³/mol. The van der Waals surface area contributed by atoms with Gasteiger partial charge >= 0.3 is 6.16 Å². The molecule has 0 bridgehead atoms. The van der Waals surface area contributed by atoms with Gasteiger partial charge in [-0.25, -0.2) is 4.79 Å². The number of carbonyl (C=O) groups excluding carboxylic acids is 2. The fourth-order valence-electron chi connectivity index (χ4n) is 3.53. The number of anilines is 1. The van der Waals surface area contributed by atoms with Gasteiger partial charge in [-0.3, -0.25) is 4.79 Å². The van der Waals surface area contributed by atoms with Gasteiger partial charge in [0, 0.05) is 16.7 Å². The van der Waals surface area contributed by atoms with E-state index < -0.39 is 12.2 Å². The zero-order valence-electron chi connectivity index (χ0n) is 16.6. The maximum Gasteiger partial charge on any atom is 0.513 e. The first-order chi connectivity index (χ1) is 13.9. The summed E-state index contributed by atoms with van der Waals surface area (Å²) in [5.74, 6) is 0.646. The van der Waals surface area contributed by atoms with Crippen molar-refractivity contribution in [3.05, 3.63) is 58.1 Å². The van der Waals surface area contributed by atoms with E-state index in [1.165, 1.54) is 5.56 Å². The molecule has 0 saturated heterocycles. The molecule has 0 spiro atoms. The molecule has 0 radical (unpaired) electrons. The van der Waals surface area contributed by atoms with Crippen LogP contribution >= 0.6 is 15.9 Å². The zero-order chi connectivity index (χ0) is 21.0. The van der Waals surface area contributed by atoms with Crippen molar-refractivity contribution in [2.45, 2.75) is 32.7 Å². The van der Waals surface area contributed by atoms with Crippen molar-refractivity contribution in [2.24, 2.45) is 11.7 Å². The summed E-state index contributed by atoms with van der Waals surface area (Å²) in [4.78, 5) is 26.4. The van der Waals surface area contributed by atoms with Gasteiger partial charge in [-0.1, -0.05) is 47.1 Å². The second kappa shape index (κ2) is 9.41. The Balaban J connectivity index is 1.71. The molecular weight excluding hydrogens is 436 g/mol. The maximum absolute atomic E-state index is 13.1. The highest BCUT2D eigenvalue weighted by molar-refractivity contribution is 9.10. The van der Waals surface area contributed by atoms with Crippen molar-refractivity contribution in [1.29, 1.82) is 0 Å². The summed E-state index contributed by atoms with van der Waals surface area (Å²) in [5.41, 5.74) is 9.28. The predicted octanol–water partition coefficient (Wildman–Crippen LogP) is 4.08. The SMILES string of the molecule is CCOC(=O)Oc1ccc(CC(N)C(=O)N2CC(C)Cc3ccccc32)c(Br)c1. The molecule has 154 valence electrons. The van der Waals surface area contributed by atoms with Crippen LogP contribution in [0.4, 0.5) is 10.5 Å². The molecule has 1 amide bonds. The van der Waals surface area contributed by atoms with Crippen LogP contribution in [-0.4, -0.2) is 31.3 Å². The van der Waals surface area contributed by atoms with Gasteiger partial charge in [-0.2, -0.15) is 0 Å². The number of carbonyl (C=O) groups is 2. The molecule has 0 saturated carbocycles. The van der Waals surface area contributed by atoms with E-state index in [2.05, 4.69) is 28.9 Å². The number of halogens is 1. The van der Waals surface area contributed by atoms with E-state index in [1.54, 1.807) is 30.0 Å². The van der Waals surface area contributed by atoms with E-state index in [0.29, 0.717) is 24.6 Å². The molecule has 2 aromatic carbocycles. The first kappa shape index (κ1) is 21.3. The quantitative estimate of drug-likeness (QED) is 0.536. The lowest BCUT2D eigenvalue weighted by Gasteiger charge is -2.34. The minimum absolute atomic E-state index is 0.0947. The molecule has 0 aromatic heterocycles. The van der Waals surface area contributed by atoms with E-state index in [-0.39, 0.29) is 12.5 Å². The Labute approximate surface area is 179 Å². The van der Waals surface area contributed by atoms with Crippen LogP contribution in [0.3, 0.4) is 0 Å². The Hall–Kier alpha value is -2.38. The Morgan fingerprint density at radius 3 is 2.76 bits per heavy atom. The molecule has 0 fully saturated rings. The molecule has 0 aliphatic carbocycles. The standard InChI is InChI=1S/C22H25BrN2O4/c1-3-28-22(27)29-17-9-8-15(18(23)12-17)11-19(24)21(26)25-13-14(2)10-16-6-4-5-7-20(16)25/h4-9,12,14,19H,3,10-11,13,24H2,1-2H3. The van der Waals surface area contributed by atoms with E-state index >= 15 is 0 Å². The van der Waals surface area contributed by atoms with Crippen molar-refractivity contribution in [1.82, 2.24) is 0 Å². The van der Waals surface area contributed by atoms with Crippen LogP contribution in [0.25, 0.3) is 0 Å². The number of nitrogens with zero attached hydrogens (tertiary/aromatic N) is 1. The summed E-state index contributed by atoms with van der Waals surface area (Å²) in [7, 11) is 0. The molecule has 1 aliphatic rings. The Morgan fingerprint density at radius 2 is 2.03 bits per heavy atom. The Bertz CT molecular complexity index is 902. The van der Waals surface area contributed by atoms with E-state index in [0.717, 1.165) is 22.1 Å². The van der Waals surface area contributed by atoms with Crippen molar-refractivity contribution in [2.75, 3.05) is 18.1 Å². The fourth-order valence-corrected chi connectivity index (χ4v) is 4.05. The van der Waals surface area contributed by atoms with Gasteiger partial charge < -0.3 is 20.1 Å². The highest BCUT2D eigenvalue weighted by atomic mass is 79.9. The molecule has 1 heterocycles. The van der Waals surface area contributed by atoms with Gasteiger partial charge in [0.25, 0.3) is 0 Å². The molecule has 2 unspecified atom stereocenters. The monoisotopic (exact) mass is 460 g/mol. The summed E-state index contributed by atoms with van der Waals surface area (Å²) in [6.45, 7) is 4.76. The lowest BCUT2D eigenvalue weighted by molar-refractivity contribution is -0.120. The molecular formula is C22H25BrN2O4. The normalized spacial score (nSPS) is 16.7. The van der Waals surface area contributed by atoms with E-state index in [9.17, 15) is 9.59 Å². The Morgan fingerprint density at radius 1 is 1.28 bits per heavy atom. The number of nitrogens with two attached hydrogens (primary N) is 1. The van der Waals surface area contributed by atoms with E-state index in [1.807, 2.05) is 18.2 Å². The molecule has 29 heavy (non-hydrogen) atoms. The zero-order valence-corrected chi connectivity index (χ0v) is 18.1. The summed E-state index contributed by atoms with van der Waals surface area (Å²) < 4.78 is 10.6. The van der Waals surface area contributed by atoms with Crippen molar-refractivity contribution in [3.63, 3.8) is 0 Å². The third-order valence-corrected chi connectivity index (χ3v) is 5.59. The highest BCUT2D eigenvalue weighted by Gasteiger charge is 2.29. The van der Waals surface area contributed by atoms with Gasteiger partial charge in [0.15, 0.2) is 0 Å². The molecule has 6 nitrogen and oxygen atoms in total. The minimum atomic E-state index is -0.753. The lowest BCUT2D eigenvalue weighted by atomic mass is 9.93. The minimum Gasteiger partial charge on any atom is -0.434 e. The van der Waals surface area contributed by atoms with Gasteiger partial charge in [-0.05, 0) is 55.0 Å². The third-order valence-electron chi connectivity index (χ3n) is 4.86.